The minimum absolute atomic E-state index is 0.0137. The van der Waals surface area contributed by atoms with E-state index >= 15 is 0 Å². The number of nitrogens with one attached hydrogen (secondary N) is 1. The number of thiophene rings is 1. The summed E-state index contributed by atoms with van der Waals surface area (Å²) < 4.78 is 10.4. The molecule has 1 aromatic carbocycles. The van der Waals surface area contributed by atoms with Crippen molar-refractivity contribution in [3.05, 3.63) is 46.3 Å². The lowest BCUT2D eigenvalue weighted by atomic mass is 10.1. The zero-order chi connectivity index (χ0) is 19.3. The standard InChI is InChI=1S/C18H20N2O5S/c1-10-4-5-12(8-14(10)24-3)9-15(21)25-11(2)17(23)20-18-13(16(19)22)6-7-26-18/h4-8,11H,9H2,1-3H3,(H2,19,22)(H,20,23). The average Bonchev–Trinajstić information content (AvgIpc) is 3.04. The maximum Gasteiger partial charge on any atom is 0.311 e. The summed E-state index contributed by atoms with van der Waals surface area (Å²) >= 11 is 1.16. The van der Waals surface area contributed by atoms with Gasteiger partial charge in [0.15, 0.2) is 6.10 Å². The van der Waals surface area contributed by atoms with Crippen LogP contribution in [0.5, 0.6) is 5.75 Å². The van der Waals surface area contributed by atoms with Crippen LogP contribution in [0, 0.1) is 6.92 Å². The third-order valence-electron chi connectivity index (χ3n) is 3.67. The number of esters is 1. The molecule has 1 heterocycles. The maximum atomic E-state index is 12.2. The van der Waals surface area contributed by atoms with Crippen LogP contribution in [0.2, 0.25) is 0 Å². The van der Waals surface area contributed by atoms with E-state index in [0.29, 0.717) is 10.8 Å². The smallest absolute Gasteiger partial charge is 0.311 e. The zero-order valence-corrected chi connectivity index (χ0v) is 15.5. The van der Waals surface area contributed by atoms with Crippen LogP contribution in [0.25, 0.3) is 0 Å². The Morgan fingerprint density at radius 3 is 2.65 bits per heavy atom. The van der Waals surface area contributed by atoms with Gasteiger partial charge in [0.05, 0.1) is 19.1 Å². The van der Waals surface area contributed by atoms with E-state index in [9.17, 15) is 14.4 Å². The molecule has 0 aliphatic heterocycles. The normalized spacial score (nSPS) is 11.5. The monoisotopic (exact) mass is 376 g/mol. The molecule has 0 bridgehead atoms. The van der Waals surface area contributed by atoms with Crippen molar-refractivity contribution in [3.63, 3.8) is 0 Å². The molecule has 8 heteroatoms. The highest BCUT2D eigenvalue weighted by Crippen LogP contribution is 2.23. The largest absolute Gasteiger partial charge is 0.496 e. The summed E-state index contributed by atoms with van der Waals surface area (Å²) in [6, 6.07) is 6.92. The van der Waals surface area contributed by atoms with Gasteiger partial charge in [-0.25, -0.2) is 0 Å². The van der Waals surface area contributed by atoms with Crippen LogP contribution in [0.4, 0.5) is 5.00 Å². The lowest BCUT2D eigenvalue weighted by Gasteiger charge is -2.14. The molecule has 0 aliphatic rings. The number of hydrogen-bond donors (Lipinski definition) is 2. The fourth-order valence-electron chi connectivity index (χ4n) is 2.25. The molecule has 3 N–H and O–H groups in total. The Labute approximate surface area is 155 Å². The Kier molecular flexibility index (Phi) is 6.35. The van der Waals surface area contributed by atoms with Gasteiger partial charge in [-0.05, 0) is 42.5 Å². The number of amides is 2. The van der Waals surface area contributed by atoms with Crippen molar-refractivity contribution in [2.75, 3.05) is 12.4 Å². The highest BCUT2D eigenvalue weighted by atomic mass is 32.1. The van der Waals surface area contributed by atoms with E-state index in [-0.39, 0.29) is 12.0 Å². The van der Waals surface area contributed by atoms with E-state index < -0.39 is 23.9 Å². The van der Waals surface area contributed by atoms with Gasteiger partial charge >= 0.3 is 5.97 Å². The average molecular weight is 376 g/mol. The van der Waals surface area contributed by atoms with Gasteiger partial charge in [-0.1, -0.05) is 12.1 Å². The van der Waals surface area contributed by atoms with Crippen molar-refractivity contribution in [2.24, 2.45) is 5.73 Å². The maximum absolute atomic E-state index is 12.2. The van der Waals surface area contributed by atoms with Gasteiger partial charge in [0.25, 0.3) is 11.8 Å². The lowest BCUT2D eigenvalue weighted by Crippen LogP contribution is -2.30. The molecule has 2 amide bonds. The molecule has 2 rings (SSSR count). The van der Waals surface area contributed by atoms with Crippen molar-refractivity contribution in [2.45, 2.75) is 26.4 Å². The van der Waals surface area contributed by atoms with E-state index in [1.165, 1.54) is 13.0 Å². The summed E-state index contributed by atoms with van der Waals surface area (Å²) in [6.45, 7) is 3.36. The molecule has 2 aromatic rings. The number of methoxy groups -OCH3 is 1. The number of rotatable bonds is 7. The molecule has 0 spiro atoms. The molecule has 7 nitrogen and oxygen atoms in total. The van der Waals surface area contributed by atoms with E-state index in [0.717, 1.165) is 22.5 Å². The Bertz CT molecular complexity index is 831. The number of hydrogen-bond acceptors (Lipinski definition) is 6. The predicted molar refractivity (Wildman–Crippen MR) is 98.5 cm³/mol. The van der Waals surface area contributed by atoms with E-state index in [1.54, 1.807) is 24.6 Å². The minimum atomic E-state index is -1.02. The first-order chi connectivity index (χ1) is 12.3. The predicted octanol–water partition coefficient (Wildman–Crippen LogP) is 2.28. The van der Waals surface area contributed by atoms with Crippen LogP contribution in [-0.2, 0) is 20.7 Å². The van der Waals surface area contributed by atoms with Crippen LogP contribution in [-0.4, -0.2) is 31.0 Å². The third kappa shape index (κ3) is 4.82. The van der Waals surface area contributed by atoms with Crippen molar-refractivity contribution >= 4 is 34.1 Å². The molecule has 0 saturated heterocycles. The summed E-state index contributed by atoms with van der Waals surface area (Å²) in [7, 11) is 1.56. The number of benzene rings is 1. The van der Waals surface area contributed by atoms with Gasteiger partial charge in [0.1, 0.15) is 10.8 Å². The molecular weight excluding hydrogens is 356 g/mol. The fraction of sp³-hybridized carbons (Fsp3) is 0.278. The Hall–Kier alpha value is -2.87. The van der Waals surface area contributed by atoms with Crippen molar-refractivity contribution in [1.29, 1.82) is 0 Å². The summed E-state index contributed by atoms with van der Waals surface area (Å²) in [5, 5.41) is 4.51. The molecule has 1 atom stereocenters. The number of carbonyl (C=O) groups excluding carboxylic acids is 3. The zero-order valence-electron chi connectivity index (χ0n) is 14.7. The number of carbonyl (C=O) groups is 3. The third-order valence-corrected chi connectivity index (χ3v) is 4.50. The number of anilines is 1. The van der Waals surface area contributed by atoms with E-state index in [1.807, 2.05) is 13.0 Å². The van der Waals surface area contributed by atoms with Crippen LogP contribution >= 0.6 is 11.3 Å². The molecule has 0 aliphatic carbocycles. The fourth-order valence-corrected chi connectivity index (χ4v) is 3.04. The van der Waals surface area contributed by atoms with E-state index in [2.05, 4.69) is 5.32 Å². The first-order valence-electron chi connectivity index (χ1n) is 7.83. The van der Waals surface area contributed by atoms with E-state index in [4.69, 9.17) is 15.2 Å². The summed E-state index contributed by atoms with van der Waals surface area (Å²) in [4.78, 5) is 35.5. The SMILES string of the molecule is COc1cc(CC(=O)OC(C)C(=O)Nc2sccc2C(N)=O)ccc1C. The topological polar surface area (TPSA) is 108 Å². The molecule has 0 fully saturated rings. The number of primary amides is 1. The second-order valence-corrected chi connectivity index (χ2v) is 6.55. The van der Waals surface area contributed by atoms with Crippen LogP contribution in [0.15, 0.2) is 29.6 Å². The first kappa shape index (κ1) is 19.5. The first-order valence-corrected chi connectivity index (χ1v) is 8.71. The van der Waals surface area contributed by atoms with Gasteiger partial charge in [0, 0.05) is 0 Å². The molecule has 0 saturated carbocycles. The molecule has 138 valence electrons. The van der Waals surface area contributed by atoms with Crippen LogP contribution < -0.4 is 15.8 Å². The Morgan fingerprint density at radius 1 is 1.27 bits per heavy atom. The number of ether oxygens (including phenoxy) is 2. The second kappa shape index (κ2) is 8.48. The summed E-state index contributed by atoms with van der Waals surface area (Å²) in [5.74, 6) is -1.04. The minimum Gasteiger partial charge on any atom is -0.496 e. The second-order valence-electron chi connectivity index (χ2n) is 5.63. The molecule has 1 aromatic heterocycles. The molecule has 0 radical (unpaired) electrons. The van der Waals surface area contributed by atoms with Crippen LogP contribution in [0.3, 0.4) is 0 Å². The lowest BCUT2D eigenvalue weighted by molar-refractivity contribution is -0.152. The number of nitrogens with two attached hydrogens (primary N) is 1. The van der Waals surface area contributed by atoms with Gasteiger partial charge in [0.2, 0.25) is 0 Å². The quantitative estimate of drug-likeness (QED) is 0.721. The Morgan fingerprint density at radius 2 is 2.00 bits per heavy atom. The molecule has 26 heavy (non-hydrogen) atoms. The van der Waals surface area contributed by atoms with Gasteiger partial charge in [-0.3, -0.25) is 14.4 Å². The highest BCUT2D eigenvalue weighted by molar-refractivity contribution is 7.14. The number of aryl methyl sites for hydroxylation is 1. The Balaban J connectivity index is 1.94. The van der Waals surface area contributed by atoms with Gasteiger partial charge in [-0.15, -0.1) is 11.3 Å². The van der Waals surface area contributed by atoms with Crippen LogP contribution in [0.1, 0.15) is 28.4 Å². The van der Waals surface area contributed by atoms with Crippen molar-refractivity contribution in [1.82, 2.24) is 0 Å². The molecule has 1 unspecified atom stereocenters. The van der Waals surface area contributed by atoms with Crippen molar-refractivity contribution in [3.8, 4) is 5.75 Å². The summed E-state index contributed by atoms with van der Waals surface area (Å²) in [5.41, 5.74) is 7.13. The summed E-state index contributed by atoms with van der Waals surface area (Å²) in [6.07, 6.45) is -1.00. The highest BCUT2D eigenvalue weighted by Gasteiger charge is 2.21. The van der Waals surface area contributed by atoms with Crippen molar-refractivity contribution < 1.29 is 23.9 Å². The molecular formula is C18H20N2O5S. The van der Waals surface area contributed by atoms with Gasteiger partial charge < -0.3 is 20.5 Å². The van der Waals surface area contributed by atoms with Gasteiger partial charge in [-0.2, -0.15) is 0 Å².